The Bertz CT molecular complexity index is 624. The summed E-state index contributed by atoms with van der Waals surface area (Å²) >= 11 is 0. The van der Waals surface area contributed by atoms with Crippen molar-refractivity contribution in [3.05, 3.63) is 35.4 Å². The third-order valence-corrected chi connectivity index (χ3v) is 6.42. The van der Waals surface area contributed by atoms with Crippen molar-refractivity contribution in [2.24, 2.45) is 10.8 Å². The van der Waals surface area contributed by atoms with Gasteiger partial charge in [0.15, 0.2) is 0 Å². The molecule has 1 saturated carbocycles. The summed E-state index contributed by atoms with van der Waals surface area (Å²) in [7, 11) is 0. The molecule has 0 heterocycles. The van der Waals surface area contributed by atoms with E-state index in [1.165, 1.54) is 24.0 Å². The van der Waals surface area contributed by atoms with E-state index in [1.54, 1.807) is 6.92 Å². The van der Waals surface area contributed by atoms with Gasteiger partial charge in [-0.05, 0) is 69.4 Å². The monoisotopic (exact) mass is 372 g/mol. The molecule has 0 spiro atoms. The average molecular weight is 373 g/mol. The number of unbranched alkanes of at least 4 members (excludes halogenated alkanes) is 3. The third-order valence-electron chi connectivity index (χ3n) is 6.42. The topological polar surface area (TPSA) is 54.4 Å². The highest BCUT2D eigenvalue weighted by molar-refractivity contribution is 5.81. The summed E-state index contributed by atoms with van der Waals surface area (Å²) in [6.45, 7) is 5.78. The molecule has 1 aromatic carbocycles. The fourth-order valence-corrected chi connectivity index (χ4v) is 3.64. The van der Waals surface area contributed by atoms with Crippen molar-refractivity contribution in [3.8, 4) is 0 Å². The number of carboxylic acid groups (broad SMARTS) is 1. The number of carboxylic acids is 1. The van der Waals surface area contributed by atoms with Crippen LogP contribution in [0.5, 0.6) is 0 Å². The average Bonchev–Trinajstić information content (AvgIpc) is 3.41. The van der Waals surface area contributed by atoms with E-state index in [9.17, 15) is 14.7 Å². The van der Waals surface area contributed by atoms with Crippen molar-refractivity contribution in [2.75, 3.05) is 0 Å². The van der Waals surface area contributed by atoms with E-state index >= 15 is 0 Å². The first-order valence-corrected chi connectivity index (χ1v) is 10.6. The number of aryl methyl sites for hydroxylation is 2. The van der Waals surface area contributed by atoms with Crippen LogP contribution in [-0.2, 0) is 22.4 Å². The number of carbonyl (C=O) groups excluding carboxylic acids is 1. The predicted molar refractivity (Wildman–Crippen MR) is 110 cm³/mol. The lowest BCUT2D eigenvalue weighted by Gasteiger charge is -2.20. The second-order valence-electron chi connectivity index (χ2n) is 9.11. The Morgan fingerprint density at radius 1 is 0.926 bits per heavy atom. The minimum absolute atomic E-state index is 0.175. The van der Waals surface area contributed by atoms with Gasteiger partial charge >= 0.3 is 5.97 Å². The van der Waals surface area contributed by atoms with E-state index < -0.39 is 5.97 Å². The van der Waals surface area contributed by atoms with Crippen LogP contribution in [0.2, 0.25) is 0 Å². The lowest BCUT2D eigenvalue weighted by molar-refractivity contribution is -0.143. The largest absolute Gasteiger partial charge is 0.481 e. The van der Waals surface area contributed by atoms with Crippen LogP contribution in [0.15, 0.2) is 24.3 Å². The van der Waals surface area contributed by atoms with Gasteiger partial charge in [0.05, 0.1) is 5.41 Å². The van der Waals surface area contributed by atoms with Crippen molar-refractivity contribution < 1.29 is 14.7 Å². The van der Waals surface area contributed by atoms with Gasteiger partial charge in [-0.3, -0.25) is 9.59 Å². The number of aliphatic carboxylic acids is 1. The van der Waals surface area contributed by atoms with Crippen LogP contribution in [0, 0.1) is 10.8 Å². The molecule has 150 valence electrons. The number of rotatable bonds is 13. The molecule has 3 nitrogen and oxygen atoms in total. The summed E-state index contributed by atoms with van der Waals surface area (Å²) in [6, 6.07) is 8.90. The molecule has 1 aromatic rings. The number of carbonyl (C=O) groups is 2. The Labute approximate surface area is 164 Å². The number of benzene rings is 1. The lowest BCUT2D eigenvalue weighted by atomic mass is 9.83. The van der Waals surface area contributed by atoms with Gasteiger partial charge in [-0.1, -0.05) is 57.4 Å². The van der Waals surface area contributed by atoms with Crippen LogP contribution in [0.25, 0.3) is 0 Å². The quantitative estimate of drug-likeness (QED) is 0.433. The smallest absolute Gasteiger partial charge is 0.309 e. The van der Waals surface area contributed by atoms with Crippen molar-refractivity contribution in [2.45, 2.75) is 91.4 Å². The van der Waals surface area contributed by atoms with E-state index in [1.807, 2.05) is 13.8 Å². The normalized spacial score (nSPS) is 15.5. The Kier molecular flexibility index (Phi) is 7.64. The summed E-state index contributed by atoms with van der Waals surface area (Å²) < 4.78 is 0. The van der Waals surface area contributed by atoms with Gasteiger partial charge in [0, 0.05) is 5.41 Å². The van der Waals surface area contributed by atoms with Crippen molar-refractivity contribution in [3.63, 3.8) is 0 Å². The molecular formula is C24H36O3. The van der Waals surface area contributed by atoms with E-state index in [0.717, 1.165) is 57.8 Å². The van der Waals surface area contributed by atoms with Gasteiger partial charge in [0.2, 0.25) is 0 Å². The summed E-state index contributed by atoms with van der Waals surface area (Å²) in [4.78, 5) is 22.7. The minimum atomic E-state index is -0.600. The molecule has 0 bridgehead atoms. The molecule has 3 heteroatoms. The zero-order valence-corrected chi connectivity index (χ0v) is 17.4. The predicted octanol–water partition coefficient (Wildman–Crippen LogP) is 5.98. The van der Waals surface area contributed by atoms with E-state index in [-0.39, 0.29) is 16.6 Å². The molecule has 1 N–H and O–H groups in total. The van der Waals surface area contributed by atoms with Gasteiger partial charge in [0.1, 0.15) is 5.78 Å². The molecular weight excluding hydrogens is 336 g/mol. The maximum absolute atomic E-state index is 11.5. The summed E-state index contributed by atoms with van der Waals surface area (Å²) in [5.74, 6) is -0.315. The Hall–Kier alpha value is -1.64. The highest BCUT2D eigenvalue weighted by atomic mass is 16.4. The second-order valence-corrected chi connectivity index (χ2v) is 9.11. The fourth-order valence-electron chi connectivity index (χ4n) is 3.64. The number of hydrogen-bond acceptors (Lipinski definition) is 2. The molecule has 27 heavy (non-hydrogen) atoms. The zero-order chi connectivity index (χ0) is 19.9. The van der Waals surface area contributed by atoms with Crippen LogP contribution in [0.1, 0.15) is 89.7 Å². The first kappa shape index (κ1) is 21.7. The first-order chi connectivity index (χ1) is 12.8. The van der Waals surface area contributed by atoms with Gasteiger partial charge in [0.25, 0.3) is 0 Å². The summed E-state index contributed by atoms with van der Waals surface area (Å²) in [5.41, 5.74) is 2.18. The minimum Gasteiger partial charge on any atom is -0.481 e. The molecule has 0 atom stereocenters. The Morgan fingerprint density at radius 2 is 1.44 bits per heavy atom. The number of ketones is 1. The van der Waals surface area contributed by atoms with E-state index in [2.05, 4.69) is 24.3 Å². The SMILES string of the molecule is CC(=O)C(C)(C)CCCCCc1ccc(CCCCC2(C(=O)O)CC2)cc1. The molecule has 1 fully saturated rings. The van der Waals surface area contributed by atoms with Crippen LogP contribution >= 0.6 is 0 Å². The number of hydrogen-bond donors (Lipinski definition) is 1. The van der Waals surface area contributed by atoms with Crippen molar-refractivity contribution >= 4 is 11.8 Å². The van der Waals surface area contributed by atoms with E-state index in [0.29, 0.717) is 0 Å². The fraction of sp³-hybridized carbons (Fsp3) is 0.667. The standard InChI is InChI=1S/C24H36O3/c1-19(25)23(2,3)15-7-4-5-9-20-11-13-21(14-12-20)10-6-8-16-24(17-18-24)22(26)27/h11-14H,4-10,15-18H2,1-3H3,(H,26,27). The summed E-state index contributed by atoms with van der Waals surface area (Å²) in [6.07, 6.45) is 11.2. The highest BCUT2D eigenvalue weighted by Crippen LogP contribution is 2.50. The highest BCUT2D eigenvalue weighted by Gasteiger charge is 2.49. The summed E-state index contributed by atoms with van der Waals surface area (Å²) in [5, 5.41) is 9.20. The van der Waals surface area contributed by atoms with Crippen LogP contribution in [-0.4, -0.2) is 16.9 Å². The zero-order valence-electron chi connectivity index (χ0n) is 17.4. The molecule has 1 aliphatic carbocycles. The third kappa shape index (κ3) is 6.79. The molecule has 1 aliphatic rings. The van der Waals surface area contributed by atoms with Gasteiger partial charge in [-0.15, -0.1) is 0 Å². The molecule has 0 unspecified atom stereocenters. The molecule has 2 rings (SSSR count). The van der Waals surface area contributed by atoms with Crippen LogP contribution in [0.4, 0.5) is 0 Å². The lowest BCUT2D eigenvalue weighted by Crippen LogP contribution is -2.20. The maximum Gasteiger partial charge on any atom is 0.309 e. The molecule has 0 aliphatic heterocycles. The van der Waals surface area contributed by atoms with E-state index in [4.69, 9.17) is 0 Å². The molecule has 0 saturated heterocycles. The first-order valence-electron chi connectivity index (χ1n) is 10.6. The van der Waals surface area contributed by atoms with Gasteiger partial charge < -0.3 is 5.11 Å². The van der Waals surface area contributed by atoms with Crippen LogP contribution in [0.3, 0.4) is 0 Å². The Balaban J connectivity index is 1.59. The second kappa shape index (κ2) is 9.52. The van der Waals surface area contributed by atoms with Crippen molar-refractivity contribution in [1.29, 1.82) is 0 Å². The maximum atomic E-state index is 11.5. The van der Waals surface area contributed by atoms with Gasteiger partial charge in [-0.2, -0.15) is 0 Å². The van der Waals surface area contributed by atoms with Gasteiger partial charge in [-0.25, -0.2) is 0 Å². The molecule has 0 amide bonds. The number of Topliss-reactive ketones (excluding diaryl/α,β-unsaturated/α-hetero) is 1. The Morgan fingerprint density at radius 3 is 1.89 bits per heavy atom. The van der Waals surface area contributed by atoms with Crippen LogP contribution < -0.4 is 0 Å². The van der Waals surface area contributed by atoms with Crippen molar-refractivity contribution in [1.82, 2.24) is 0 Å². The molecule has 0 aromatic heterocycles. The molecule has 0 radical (unpaired) electrons.